The second-order valence-electron chi connectivity index (χ2n) is 6.51. The third-order valence-electron chi connectivity index (χ3n) is 4.44. The van der Waals surface area contributed by atoms with E-state index in [1.807, 2.05) is 36.4 Å². The van der Waals surface area contributed by atoms with Crippen LogP contribution in [0.1, 0.15) is 33.2 Å². The molecule has 0 radical (unpaired) electrons. The first-order chi connectivity index (χ1) is 14.1. The highest BCUT2D eigenvalue weighted by atomic mass is 16.5. The summed E-state index contributed by atoms with van der Waals surface area (Å²) in [6.45, 7) is 2.02. The Morgan fingerprint density at radius 2 is 1.83 bits per heavy atom. The van der Waals surface area contributed by atoms with Gasteiger partial charge in [-0.05, 0) is 49.2 Å². The van der Waals surface area contributed by atoms with E-state index in [2.05, 4.69) is 15.6 Å². The Labute approximate surface area is 169 Å². The topological polar surface area (TPSA) is 80.3 Å². The normalized spacial score (nSPS) is 10.3. The maximum atomic E-state index is 12.3. The molecule has 0 spiro atoms. The number of ether oxygens (including phenoxy) is 1. The first-order valence-corrected chi connectivity index (χ1v) is 9.31. The fraction of sp³-hybridized carbons (Fsp3) is 0.174. The number of ketones is 1. The van der Waals surface area contributed by atoms with Gasteiger partial charge < -0.3 is 15.4 Å². The van der Waals surface area contributed by atoms with E-state index in [9.17, 15) is 9.59 Å². The molecule has 2 N–H and O–H groups in total. The van der Waals surface area contributed by atoms with Crippen LogP contribution >= 0.6 is 0 Å². The van der Waals surface area contributed by atoms with Crippen LogP contribution in [0.5, 0.6) is 5.75 Å². The highest BCUT2D eigenvalue weighted by molar-refractivity contribution is 5.95. The highest BCUT2D eigenvalue weighted by Crippen LogP contribution is 2.18. The molecule has 1 aromatic heterocycles. The molecule has 0 bridgehead atoms. The quantitative estimate of drug-likeness (QED) is 0.569. The van der Waals surface area contributed by atoms with Gasteiger partial charge in [0.25, 0.3) is 5.91 Å². The summed E-state index contributed by atoms with van der Waals surface area (Å²) in [4.78, 5) is 28.1. The SMILES string of the molecule is COc1ccccc1CCNC(=O)c1ccc(Nc2cccc(C(C)=O)c2)nc1. The van der Waals surface area contributed by atoms with Crippen molar-refractivity contribution < 1.29 is 14.3 Å². The summed E-state index contributed by atoms with van der Waals surface area (Å²) in [7, 11) is 1.63. The van der Waals surface area contributed by atoms with E-state index in [4.69, 9.17) is 4.74 Å². The van der Waals surface area contributed by atoms with Gasteiger partial charge in [0.15, 0.2) is 5.78 Å². The van der Waals surface area contributed by atoms with Crippen molar-refractivity contribution in [1.29, 1.82) is 0 Å². The van der Waals surface area contributed by atoms with Gasteiger partial charge in [0.2, 0.25) is 0 Å². The van der Waals surface area contributed by atoms with Gasteiger partial charge in [-0.1, -0.05) is 30.3 Å². The number of para-hydroxylation sites is 1. The smallest absolute Gasteiger partial charge is 0.252 e. The minimum absolute atomic E-state index is 0.00162. The van der Waals surface area contributed by atoms with Gasteiger partial charge in [0, 0.05) is 24.0 Å². The number of amides is 1. The molecule has 0 unspecified atom stereocenters. The lowest BCUT2D eigenvalue weighted by Gasteiger charge is -2.10. The molecule has 3 aromatic rings. The van der Waals surface area contributed by atoms with E-state index in [1.54, 1.807) is 31.4 Å². The Balaban J connectivity index is 1.56. The summed E-state index contributed by atoms with van der Waals surface area (Å²) in [6.07, 6.45) is 2.20. The van der Waals surface area contributed by atoms with E-state index in [0.717, 1.165) is 17.0 Å². The summed E-state index contributed by atoms with van der Waals surface area (Å²) >= 11 is 0. The number of carbonyl (C=O) groups excluding carboxylic acids is 2. The summed E-state index contributed by atoms with van der Waals surface area (Å²) in [5.41, 5.74) is 2.91. The Morgan fingerprint density at radius 1 is 1.00 bits per heavy atom. The molecule has 1 heterocycles. The monoisotopic (exact) mass is 389 g/mol. The van der Waals surface area contributed by atoms with Crippen LogP contribution in [0.4, 0.5) is 11.5 Å². The van der Waals surface area contributed by atoms with Gasteiger partial charge in [-0.15, -0.1) is 0 Å². The molecule has 6 nitrogen and oxygen atoms in total. The predicted molar refractivity (Wildman–Crippen MR) is 113 cm³/mol. The second-order valence-corrected chi connectivity index (χ2v) is 6.51. The number of nitrogens with zero attached hydrogens (tertiary/aromatic N) is 1. The number of Topliss-reactive ketones (excluding diaryl/α,β-unsaturated/α-hetero) is 1. The molecule has 0 aliphatic carbocycles. The minimum Gasteiger partial charge on any atom is -0.496 e. The molecular weight excluding hydrogens is 366 g/mol. The lowest BCUT2D eigenvalue weighted by atomic mass is 10.1. The third kappa shape index (κ3) is 5.42. The molecule has 3 rings (SSSR count). The zero-order chi connectivity index (χ0) is 20.6. The molecule has 1 amide bonds. The van der Waals surface area contributed by atoms with Crippen molar-refractivity contribution in [2.75, 3.05) is 19.0 Å². The first kappa shape index (κ1) is 20.1. The summed E-state index contributed by atoms with van der Waals surface area (Å²) in [5.74, 6) is 1.23. The van der Waals surface area contributed by atoms with E-state index in [0.29, 0.717) is 29.9 Å². The van der Waals surface area contributed by atoms with Crippen LogP contribution in [-0.2, 0) is 6.42 Å². The van der Waals surface area contributed by atoms with Crippen LogP contribution in [-0.4, -0.2) is 30.3 Å². The van der Waals surface area contributed by atoms with E-state index in [1.165, 1.54) is 13.1 Å². The van der Waals surface area contributed by atoms with Gasteiger partial charge in [-0.2, -0.15) is 0 Å². The lowest BCUT2D eigenvalue weighted by molar-refractivity contribution is 0.0952. The third-order valence-corrected chi connectivity index (χ3v) is 4.44. The van der Waals surface area contributed by atoms with E-state index < -0.39 is 0 Å². The second kappa shape index (κ2) is 9.50. The summed E-state index contributed by atoms with van der Waals surface area (Å²) in [6, 6.07) is 18.4. The van der Waals surface area contributed by atoms with Crippen LogP contribution in [0.3, 0.4) is 0 Å². The largest absolute Gasteiger partial charge is 0.496 e. The molecule has 29 heavy (non-hydrogen) atoms. The molecule has 0 saturated heterocycles. The van der Waals surface area contributed by atoms with Gasteiger partial charge >= 0.3 is 0 Å². The predicted octanol–water partition coefficient (Wildman–Crippen LogP) is 4.01. The lowest BCUT2D eigenvalue weighted by Crippen LogP contribution is -2.25. The van der Waals surface area contributed by atoms with Crippen molar-refractivity contribution in [2.45, 2.75) is 13.3 Å². The number of carbonyl (C=O) groups is 2. The molecule has 0 aliphatic heterocycles. The van der Waals surface area contributed by atoms with E-state index >= 15 is 0 Å². The van der Waals surface area contributed by atoms with Crippen molar-refractivity contribution in [3.8, 4) is 5.75 Å². The average molecular weight is 389 g/mol. The molecule has 148 valence electrons. The van der Waals surface area contributed by atoms with Gasteiger partial charge in [0.1, 0.15) is 11.6 Å². The fourth-order valence-corrected chi connectivity index (χ4v) is 2.89. The van der Waals surface area contributed by atoms with Crippen molar-refractivity contribution in [1.82, 2.24) is 10.3 Å². The Hall–Kier alpha value is -3.67. The van der Waals surface area contributed by atoms with Crippen molar-refractivity contribution in [3.63, 3.8) is 0 Å². The minimum atomic E-state index is -0.183. The number of nitrogens with one attached hydrogen (secondary N) is 2. The zero-order valence-electron chi connectivity index (χ0n) is 16.4. The van der Waals surface area contributed by atoms with E-state index in [-0.39, 0.29) is 11.7 Å². The molecular formula is C23H23N3O3. The zero-order valence-corrected chi connectivity index (χ0v) is 16.4. The van der Waals surface area contributed by atoms with Crippen LogP contribution in [0.25, 0.3) is 0 Å². The Bertz CT molecular complexity index is 1000. The number of hydrogen-bond acceptors (Lipinski definition) is 5. The van der Waals surface area contributed by atoms with Crippen LogP contribution in [0.15, 0.2) is 66.9 Å². The number of methoxy groups -OCH3 is 1. The number of anilines is 2. The van der Waals surface area contributed by atoms with Crippen LogP contribution in [0.2, 0.25) is 0 Å². The van der Waals surface area contributed by atoms with Crippen molar-refractivity contribution in [3.05, 3.63) is 83.6 Å². The molecule has 0 fully saturated rings. The standard InChI is InChI=1S/C23H23N3O3/c1-16(27)18-7-5-8-20(14-18)26-22-11-10-19(15-25-22)23(28)24-13-12-17-6-3-4-9-21(17)29-2/h3-11,14-15H,12-13H2,1-2H3,(H,24,28)(H,25,26). The molecule has 6 heteroatoms. The number of aromatic nitrogens is 1. The highest BCUT2D eigenvalue weighted by Gasteiger charge is 2.08. The average Bonchev–Trinajstić information content (AvgIpc) is 2.74. The molecule has 2 aromatic carbocycles. The van der Waals surface area contributed by atoms with Gasteiger partial charge in [-0.25, -0.2) is 4.98 Å². The number of hydrogen-bond donors (Lipinski definition) is 2. The molecule has 0 saturated carbocycles. The fourth-order valence-electron chi connectivity index (χ4n) is 2.89. The Kier molecular flexibility index (Phi) is 6.58. The maximum absolute atomic E-state index is 12.3. The van der Waals surface area contributed by atoms with Crippen LogP contribution < -0.4 is 15.4 Å². The van der Waals surface area contributed by atoms with Gasteiger partial charge in [0.05, 0.1) is 12.7 Å². The number of rotatable bonds is 8. The van der Waals surface area contributed by atoms with Gasteiger partial charge in [-0.3, -0.25) is 9.59 Å². The molecule has 0 atom stereocenters. The summed E-state index contributed by atoms with van der Waals surface area (Å²) in [5, 5.41) is 6.03. The summed E-state index contributed by atoms with van der Waals surface area (Å²) < 4.78 is 5.32. The van der Waals surface area contributed by atoms with Crippen LogP contribution in [0, 0.1) is 0 Å². The van der Waals surface area contributed by atoms with Crippen molar-refractivity contribution >= 4 is 23.2 Å². The van der Waals surface area contributed by atoms with Crippen molar-refractivity contribution in [2.24, 2.45) is 0 Å². The first-order valence-electron chi connectivity index (χ1n) is 9.31. The number of benzene rings is 2. The Morgan fingerprint density at radius 3 is 2.55 bits per heavy atom. The maximum Gasteiger partial charge on any atom is 0.252 e. The molecule has 0 aliphatic rings. The number of pyridine rings is 1.